The molecule has 0 bridgehead atoms. The summed E-state index contributed by atoms with van der Waals surface area (Å²) in [5.74, 6) is 0.412. The van der Waals surface area contributed by atoms with Crippen LogP contribution < -0.4 is 26.6 Å². The Kier molecular flexibility index (Phi) is 10.6. The smallest absolute Gasteiger partial charge is 0.407 e. The Balaban J connectivity index is 1.25. The Labute approximate surface area is 284 Å². The first-order chi connectivity index (χ1) is 23.4. The van der Waals surface area contributed by atoms with Crippen LogP contribution in [0.25, 0.3) is 11.3 Å². The van der Waals surface area contributed by atoms with Gasteiger partial charge in [0.05, 0.1) is 29.1 Å². The third kappa shape index (κ3) is 9.19. The van der Waals surface area contributed by atoms with E-state index in [9.17, 15) is 19.2 Å². The monoisotopic (exact) mass is 665 g/mol. The molecule has 5 N–H and O–H groups in total. The number of nitrogen functional groups attached to an aromatic ring is 1. The summed E-state index contributed by atoms with van der Waals surface area (Å²) in [6, 6.07) is 16.6. The number of piperidine rings is 1. The summed E-state index contributed by atoms with van der Waals surface area (Å²) in [7, 11) is 0. The minimum atomic E-state index is -0.583. The van der Waals surface area contributed by atoms with Crippen LogP contribution in [0.5, 0.6) is 0 Å². The average molecular weight is 666 g/mol. The maximum atomic E-state index is 13.4. The molecular weight excluding hydrogens is 625 g/mol. The van der Waals surface area contributed by atoms with Crippen molar-refractivity contribution in [1.82, 2.24) is 25.6 Å². The van der Waals surface area contributed by atoms with E-state index < -0.39 is 23.6 Å². The first-order valence-electron chi connectivity index (χ1n) is 16.0. The number of pyridine rings is 1. The van der Waals surface area contributed by atoms with E-state index in [1.165, 1.54) is 24.4 Å². The lowest BCUT2D eigenvalue weighted by Gasteiger charge is -2.34. The Hall–Kier alpha value is -5.77. The van der Waals surface area contributed by atoms with Crippen LogP contribution in [-0.2, 0) is 11.3 Å². The van der Waals surface area contributed by atoms with Gasteiger partial charge >= 0.3 is 6.09 Å². The number of alkyl carbamates (subject to hydrolysis) is 1. The van der Waals surface area contributed by atoms with E-state index in [2.05, 4.69) is 25.9 Å². The molecule has 2 amide bonds. The first-order valence-corrected chi connectivity index (χ1v) is 16.0. The molecule has 3 heterocycles. The Morgan fingerprint density at radius 2 is 1.86 bits per heavy atom. The number of carbonyl (C=O) groups is 2. The van der Waals surface area contributed by atoms with Crippen molar-refractivity contribution in [3.05, 3.63) is 95.1 Å². The fourth-order valence-electron chi connectivity index (χ4n) is 5.45. The molecule has 5 rings (SSSR count). The number of nitriles is 1. The second-order valence-corrected chi connectivity index (χ2v) is 12.9. The number of carbonyl (C=O) groups excluding carboxylic acids is 2. The zero-order valence-electron chi connectivity index (χ0n) is 28.0. The number of anilines is 3. The zero-order valence-corrected chi connectivity index (χ0v) is 28.0. The SMILES string of the molecule is C[C@H](NC(=O)c1cc(C#N)cnc1NCc1ccc(-c2cnc(N)c(N3CCC[C@@H](NC(=O)OC(C)(C)C)C3)n2)cc1)c1ccc(F)cc1. The van der Waals surface area contributed by atoms with Gasteiger partial charge in [0.1, 0.15) is 23.3 Å². The van der Waals surface area contributed by atoms with Gasteiger partial charge in [-0.2, -0.15) is 5.26 Å². The van der Waals surface area contributed by atoms with Gasteiger partial charge in [-0.1, -0.05) is 36.4 Å². The molecule has 1 aliphatic heterocycles. The number of hydrogen-bond acceptors (Lipinski definition) is 10. The van der Waals surface area contributed by atoms with Crippen LogP contribution >= 0.6 is 0 Å². The molecule has 254 valence electrons. The quantitative estimate of drug-likeness (QED) is 0.173. The van der Waals surface area contributed by atoms with Gasteiger partial charge in [-0.3, -0.25) is 4.79 Å². The molecular formula is C36H40FN9O3. The number of aromatic nitrogens is 3. The molecule has 0 unspecified atom stereocenters. The fourth-order valence-corrected chi connectivity index (χ4v) is 5.45. The Bertz CT molecular complexity index is 1840. The predicted octanol–water partition coefficient (Wildman–Crippen LogP) is 5.73. The van der Waals surface area contributed by atoms with E-state index in [1.807, 2.05) is 56.0 Å². The highest BCUT2D eigenvalue weighted by Crippen LogP contribution is 2.27. The molecule has 1 saturated heterocycles. The lowest BCUT2D eigenvalue weighted by Crippen LogP contribution is -2.49. The number of ether oxygens (including phenoxy) is 1. The van der Waals surface area contributed by atoms with E-state index in [1.54, 1.807) is 25.3 Å². The van der Waals surface area contributed by atoms with Gasteiger partial charge in [0.25, 0.3) is 5.91 Å². The van der Waals surface area contributed by atoms with E-state index in [4.69, 9.17) is 15.5 Å². The summed E-state index contributed by atoms with van der Waals surface area (Å²) in [6.07, 6.45) is 4.25. The number of nitrogens with one attached hydrogen (secondary N) is 3. The standard InChI is InChI=1S/C36H40FN9O3/c1-22(25-11-13-27(37)14-12-25)43-34(47)29-16-24(17-38)19-42-32(29)41-18-23-7-9-26(10-8-23)30-20-40-31(39)33(45-30)46-15-5-6-28(21-46)44-35(48)49-36(2,3)4/h7-14,16,19-20,22,28H,5-6,15,18,21H2,1-4H3,(H2,39,40)(H,41,42)(H,43,47)(H,44,48)/t22-,28+/m0/s1. The van der Waals surface area contributed by atoms with Gasteiger partial charge in [-0.25, -0.2) is 24.1 Å². The number of nitrogens with two attached hydrogens (primary N) is 1. The van der Waals surface area contributed by atoms with E-state index in [-0.39, 0.29) is 23.0 Å². The molecule has 13 heteroatoms. The molecule has 1 fully saturated rings. The van der Waals surface area contributed by atoms with Gasteiger partial charge in [-0.15, -0.1) is 0 Å². The highest BCUT2D eigenvalue weighted by molar-refractivity contribution is 5.99. The number of benzene rings is 2. The van der Waals surface area contributed by atoms with Crippen molar-refractivity contribution >= 4 is 29.5 Å². The highest BCUT2D eigenvalue weighted by Gasteiger charge is 2.26. The van der Waals surface area contributed by atoms with Crippen LogP contribution in [0.1, 0.15) is 73.6 Å². The summed E-state index contributed by atoms with van der Waals surface area (Å²) in [4.78, 5) is 41.2. The Morgan fingerprint density at radius 1 is 1.12 bits per heavy atom. The first kappa shape index (κ1) is 34.6. The minimum Gasteiger partial charge on any atom is -0.444 e. The van der Waals surface area contributed by atoms with Crippen molar-refractivity contribution in [3.8, 4) is 17.3 Å². The van der Waals surface area contributed by atoms with Crippen molar-refractivity contribution in [2.45, 2.75) is 64.8 Å². The largest absolute Gasteiger partial charge is 0.444 e. The molecule has 1 aliphatic rings. The van der Waals surface area contributed by atoms with Crippen LogP contribution in [0.4, 0.5) is 26.6 Å². The van der Waals surface area contributed by atoms with E-state index >= 15 is 0 Å². The summed E-state index contributed by atoms with van der Waals surface area (Å²) in [5, 5.41) is 18.5. The van der Waals surface area contributed by atoms with Crippen molar-refractivity contribution in [2.24, 2.45) is 0 Å². The van der Waals surface area contributed by atoms with Gasteiger partial charge in [0.15, 0.2) is 11.6 Å². The second-order valence-electron chi connectivity index (χ2n) is 12.9. The summed E-state index contributed by atoms with van der Waals surface area (Å²) in [6.45, 7) is 8.89. The van der Waals surface area contributed by atoms with Crippen molar-refractivity contribution in [2.75, 3.05) is 29.0 Å². The molecule has 2 aromatic heterocycles. The third-order valence-corrected chi connectivity index (χ3v) is 7.91. The summed E-state index contributed by atoms with van der Waals surface area (Å²) >= 11 is 0. The van der Waals surface area contributed by atoms with Crippen LogP contribution in [0, 0.1) is 17.1 Å². The molecule has 49 heavy (non-hydrogen) atoms. The molecule has 2 aromatic carbocycles. The topological polar surface area (TPSA) is 171 Å². The minimum absolute atomic E-state index is 0.115. The zero-order chi connectivity index (χ0) is 35.1. The van der Waals surface area contributed by atoms with Crippen LogP contribution in [-0.4, -0.2) is 51.7 Å². The predicted molar refractivity (Wildman–Crippen MR) is 185 cm³/mol. The number of halogens is 1. The normalized spacial score (nSPS) is 15.1. The third-order valence-electron chi connectivity index (χ3n) is 7.91. The molecule has 0 aliphatic carbocycles. The van der Waals surface area contributed by atoms with Gasteiger partial charge < -0.3 is 31.3 Å². The fraction of sp³-hybridized carbons (Fsp3) is 0.333. The molecule has 12 nitrogen and oxygen atoms in total. The summed E-state index contributed by atoms with van der Waals surface area (Å²) in [5.41, 5.74) is 9.28. The van der Waals surface area contributed by atoms with Gasteiger partial charge in [0.2, 0.25) is 0 Å². The number of hydrogen-bond donors (Lipinski definition) is 4. The second kappa shape index (κ2) is 15.0. The van der Waals surface area contributed by atoms with E-state index in [0.717, 1.165) is 36.1 Å². The van der Waals surface area contributed by atoms with E-state index in [0.29, 0.717) is 36.2 Å². The van der Waals surface area contributed by atoms with Crippen molar-refractivity contribution in [1.29, 1.82) is 5.26 Å². The molecule has 0 saturated carbocycles. The maximum absolute atomic E-state index is 13.4. The molecule has 2 atom stereocenters. The van der Waals surface area contributed by atoms with Crippen LogP contribution in [0.3, 0.4) is 0 Å². The summed E-state index contributed by atoms with van der Waals surface area (Å²) < 4.78 is 18.8. The van der Waals surface area contributed by atoms with Crippen LogP contribution in [0.15, 0.2) is 67.0 Å². The van der Waals surface area contributed by atoms with Gasteiger partial charge in [-0.05, 0) is 69.9 Å². The lowest BCUT2D eigenvalue weighted by atomic mass is 10.1. The maximum Gasteiger partial charge on any atom is 0.407 e. The molecule has 4 aromatic rings. The lowest BCUT2D eigenvalue weighted by molar-refractivity contribution is 0.0499. The molecule has 0 spiro atoms. The van der Waals surface area contributed by atoms with Crippen LogP contribution in [0.2, 0.25) is 0 Å². The number of nitrogens with zero attached hydrogens (tertiary/aromatic N) is 5. The molecule has 0 radical (unpaired) electrons. The van der Waals surface area contributed by atoms with Gasteiger partial charge in [0, 0.05) is 37.4 Å². The Morgan fingerprint density at radius 3 is 2.55 bits per heavy atom. The number of rotatable bonds is 9. The van der Waals surface area contributed by atoms with Crippen molar-refractivity contribution in [3.63, 3.8) is 0 Å². The number of amides is 2. The average Bonchev–Trinajstić information content (AvgIpc) is 3.07. The van der Waals surface area contributed by atoms with Crippen molar-refractivity contribution < 1.29 is 18.7 Å². The highest BCUT2D eigenvalue weighted by atomic mass is 19.1.